The highest BCUT2D eigenvalue weighted by atomic mass is 16.3. The third-order valence-corrected chi connectivity index (χ3v) is 3.34. The Morgan fingerprint density at radius 2 is 2.06 bits per heavy atom. The molecule has 2 aromatic rings. The summed E-state index contributed by atoms with van der Waals surface area (Å²) >= 11 is 0. The summed E-state index contributed by atoms with van der Waals surface area (Å²) in [5, 5.41) is 6.67. The van der Waals surface area contributed by atoms with E-state index in [1.807, 2.05) is 26.2 Å². The van der Waals surface area contributed by atoms with Crippen molar-refractivity contribution in [3.8, 4) is 0 Å². The molecule has 0 saturated carbocycles. The molecule has 4 nitrogen and oxygen atoms in total. The third kappa shape index (κ3) is 2.18. The molecule has 0 radical (unpaired) electrons. The van der Waals surface area contributed by atoms with Crippen molar-refractivity contribution in [3.63, 3.8) is 0 Å². The maximum Gasteiger partial charge on any atom is 0.181 e. The van der Waals surface area contributed by atoms with Crippen molar-refractivity contribution >= 4 is 11.1 Å². The zero-order chi connectivity index (χ0) is 12.5. The normalized spacial score (nSPS) is 14.1. The third-order valence-electron chi connectivity index (χ3n) is 3.34. The van der Waals surface area contributed by atoms with Crippen molar-refractivity contribution in [2.24, 2.45) is 0 Å². The first-order valence-electron chi connectivity index (χ1n) is 5.78. The van der Waals surface area contributed by atoms with E-state index in [2.05, 4.69) is 35.5 Å². The summed E-state index contributed by atoms with van der Waals surface area (Å²) < 4.78 is 5.34. The van der Waals surface area contributed by atoms with Crippen LogP contribution < -0.4 is 10.6 Å². The summed E-state index contributed by atoms with van der Waals surface area (Å²) in [6.07, 6.45) is 1.48. The Morgan fingerprint density at radius 3 is 2.71 bits per heavy atom. The van der Waals surface area contributed by atoms with Gasteiger partial charge in [0.25, 0.3) is 0 Å². The van der Waals surface area contributed by atoms with Gasteiger partial charge in [-0.15, -0.1) is 0 Å². The summed E-state index contributed by atoms with van der Waals surface area (Å²) in [5.41, 5.74) is 2.87. The van der Waals surface area contributed by atoms with Crippen molar-refractivity contribution in [2.45, 2.75) is 25.4 Å². The molecular weight excluding hydrogens is 214 g/mol. The molecule has 0 fully saturated rings. The molecule has 2 N–H and O–H groups in total. The molecular formula is C13H19N3O. The average Bonchev–Trinajstić information content (AvgIpc) is 2.77. The highest BCUT2D eigenvalue weighted by molar-refractivity contribution is 5.73. The minimum atomic E-state index is -0.0392. The van der Waals surface area contributed by atoms with Gasteiger partial charge in [-0.25, -0.2) is 4.98 Å². The molecule has 0 aliphatic carbocycles. The average molecular weight is 233 g/mol. The SMILES string of the molecule is CNC(c1ccc2ncoc2c1)C(C)(C)NC. The van der Waals surface area contributed by atoms with E-state index in [1.54, 1.807) is 0 Å². The van der Waals surface area contributed by atoms with Crippen LogP contribution in [-0.4, -0.2) is 24.6 Å². The molecule has 0 spiro atoms. The topological polar surface area (TPSA) is 50.1 Å². The molecule has 0 bridgehead atoms. The minimum Gasteiger partial charge on any atom is -0.443 e. The van der Waals surface area contributed by atoms with E-state index in [1.165, 1.54) is 12.0 Å². The standard InChI is InChI=1S/C13H19N3O/c1-13(2,15-4)12(14-3)9-5-6-10-11(7-9)17-8-16-10/h5-8,12,14-15H,1-4H3. The van der Waals surface area contributed by atoms with Crippen LogP contribution in [0.5, 0.6) is 0 Å². The highest BCUT2D eigenvalue weighted by Crippen LogP contribution is 2.27. The van der Waals surface area contributed by atoms with E-state index in [-0.39, 0.29) is 11.6 Å². The van der Waals surface area contributed by atoms with Crippen LogP contribution in [0.1, 0.15) is 25.5 Å². The second-order valence-electron chi connectivity index (χ2n) is 4.77. The Bertz CT molecular complexity index is 504. The number of nitrogens with one attached hydrogen (secondary N) is 2. The first-order valence-corrected chi connectivity index (χ1v) is 5.78. The van der Waals surface area contributed by atoms with Crippen molar-refractivity contribution in [3.05, 3.63) is 30.2 Å². The summed E-state index contributed by atoms with van der Waals surface area (Å²) in [7, 11) is 3.94. The molecule has 1 atom stereocenters. The zero-order valence-corrected chi connectivity index (χ0v) is 10.7. The fourth-order valence-electron chi connectivity index (χ4n) is 2.14. The molecule has 0 saturated heterocycles. The van der Waals surface area contributed by atoms with Gasteiger partial charge in [-0.2, -0.15) is 0 Å². The van der Waals surface area contributed by atoms with Gasteiger partial charge in [-0.05, 0) is 45.6 Å². The number of fused-ring (bicyclic) bond motifs is 1. The summed E-state index contributed by atoms with van der Waals surface area (Å²) in [6, 6.07) is 6.33. The van der Waals surface area contributed by atoms with Crippen LogP contribution in [0.2, 0.25) is 0 Å². The van der Waals surface area contributed by atoms with Crippen LogP contribution >= 0.6 is 0 Å². The number of nitrogens with zero attached hydrogens (tertiary/aromatic N) is 1. The van der Waals surface area contributed by atoms with E-state index in [0.29, 0.717) is 0 Å². The van der Waals surface area contributed by atoms with Crippen LogP contribution in [0.4, 0.5) is 0 Å². The van der Waals surface area contributed by atoms with Gasteiger partial charge in [0.2, 0.25) is 0 Å². The molecule has 17 heavy (non-hydrogen) atoms. The fourth-order valence-corrected chi connectivity index (χ4v) is 2.14. The molecule has 4 heteroatoms. The minimum absolute atomic E-state index is 0.0392. The van der Waals surface area contributed by atoms with Gasteiger partial charge in [0, 0.05) is 11.6 Å². The Kier molecular flexibility index (Phi) is 3.17. The zero-order valence-electron chi connectivity index (χ0n) is 10.7. The molecule has 92 valence electrons. The number of benzene rings is 1. The number of oxazole rings is 1. The van der Waals surface area contributed by atoms with Crippen molar-refractivity contribution in [1.82, 2.24) is 15.6 Å². The van der Waals surface area contributed by atoms with Gasteiger partial charge < -0.3 is 15.1 Å². The largest absolute Gasteiger partial charge is 0.443 e. The van der Waals surface area contributed by atoms with Gasteiger partial charge in [0.15, 0.2) is 12.0 Å². The number of rotatable bonds is 4. The maximum absolute atomic E-state index is 5.34. The number of hydrogen-bond acceptors (Lipinski definition) is 4. The summed E-state index contributed by atoms with van der Waals surface area (Å²) in [6.45, 7) is 4.33. The number of likely N-dealkylation sites (N-methyl/N-ethyl adjacent to an activating group) is 2. The lowest BCUT2D eigenvalue weighted by Crippen LogP contribution is -2.47. The van der Waals surface area contributed by atoms with Gasteiger partial charge >= 0.3 is 0 Å². The molecule has 0 aliphatic heterocycles. The van der Waals surface area contributed by atoms with Gasteiger partial charge in [0.1, 0.15) is 5.52 Å². The smallest absolute Gasteiger partial charge is 0.181 e. The summed E-state index contributed by atoms with van der Waals surface area (Å²) in [5.74, 6) is 0. The molecule has 0 aliphatic rings. The van der Waals surface area contributed by atoms with E-state index >= 15 is 0 Å². The van der Waals surface area contributed by atoms with E-state index in [9.17, 15) is 0 Å². The molecule has 1 heterocycles. The van der Waals surface area contributed by atoms with Gasteiger partial charge in [0.05, 0.1) is 0 Å². The Labute approximate surface area is 101 Å². The van der Waals surface area contributed by atoms with Crippen LogP contribution in [-0.2, 0) is 0 Å². The van der Waals surface area contributed by atoms with Crippen LogP contribution in [0.15, 0.2) is 29.0 Å². The lowest BCUT2D eigenvalue weighted by atomic mass is 9.89. The van der Waals surface area contributed by atoms with E-state index in [0.717, 1.165) is 11.1 Å². The Hall–Kier alpha value is -1.39. The van der Waals surface area contributed by atoms with E-state index in [4.69, 9.17) is 4.42 Å². The maximum atomic E-state index is 5.34. The molecule has 1 aromatic heterocycles. The number of aromatic nitrogens is 1. The predicted molar refractivity (Wildman–Crippen MR) is 68.9 cm³/mol. The molecule has 0 amide bonds. The van der Waals surface area contributed by atoms with Gasteiger partial charge in [-0.1, -0.05) is 6.07 Å². The second-order valence-corrected chi connectivity index (χ2v) is 4.77. The predicted octanol–water partition coefficient (Wildman–Crippen LogP) is 2.09. The Morgan fingerprint density at radius 1 is 1.29 bits per heavy atom. The lowest BCUT2D eigenvalue weighted by molar-refractivity contribution is 0.311. The second kappa shape index (κ2) is 4.47. The first-order chi connectivity index (χ1) is 8.08. The fraction of sp³-hybridized carbons (Fsp3) is 0.462. The highest BCUT2D eigenvalue weighted by Gasteiger charge is 2.28. The first kappa shape index (κ1) is 12.1. The van der Waals surface area contributed by atoms with Crippen molar-refractivity contribution < 1.29 is 4.42 Å². The van der Waals surface area contributed by atoms with Crippen LogP contribution in [0, 0.1) is 0 Å². The summed E-state index contributed by atoms with van der Waals surface area (Å²) in [4.78, 5) is 4.12. The molecule has 2 rings (SSSR count). The van der Waals surface area contributed by atoms with Crippen molar-refractivity contribution in [1.29, 1.82) is 0 Å². The lowest BCUT2D eigenvalue weighted by Gasteiger charge is -2.34. The molecule has 1 aromatic carbocycles. The quantitative estimate of drug-likeness (QED) is 0.849. The van der Waals surface area contributed by atoms with Crippen LogP contribution in [0.3, 0.4) is 0 Å². The number of hydrogen-bond donors (Lipinski definition) is 2. The van der Waals surface area contributed by atoms with E-state index < -0.39 is 0 Å². The van der Waals surface area contributed by atoms with Gasteiger partial charge in [-0.3, -0.25) is 0 Å². The van der Waals surface area contributed by atoms with Crippen molar-refractivity contribution in [2.75, 3.05) is 14.1 Å². The monoisotopic (exact) mass is 233 g/mol. The Balaban J connectivity index is 2.42. The molecule has 1 unspecified atom stereocenters. The van der Waals surface area contributed by atoms with Crippen LogP contribution in [0.25, 0.3) is 11.1 Å².